The van der Waals surface area contributed by atoms with Crippen molar-refractivity contribution in [3.63, 3.8) is 0 Å². The molecule has 0 unspecified atom stereocenters. The zero-order chi connectivity index (χ0) is 15.7. The van der Waals surface area contributed by atoms with E-state index in [2.05, 4.69) is 21.7 Å². The van der Waals surface area contributed by atoms with Crippen LogP contribution < -0.4 is 0 Å². The minimum Gasteiger partial charge on any atom is -0.395 e. The Morgan fingerprint density at radius 3 is 2.62 bits per heavy atom. The van der Waals surface area contributed by atoms with Gasteiger partial charge >= 0.3 is 0 Å². The summed E-state index contributed by atoms with van der Waals surface area (Å²) in [5.74, 6) is 5.63. The highest BCUT2D eigenvalue weighted by atomic mass is 16.2. The number of amides is 1. The van der Waals surface area contributed by atoms with E-state index in [0.29, 0.717) is 18.7 Å². The maximum atomic E-state index is 12.2. The molecular weight excluding hydrogens is 266 g/mol. The van der Waals surface area contributed by atoms with Gasteiger partial charge in [-0.3, -0.25) is 4.79 Å². The Labute approximate surface area is 126 Å². The number of hydrogen-bond donors (Lipinski definition) is 1. The van der Waals surface area contributed by atoms with Gasteiger partial charge in [-0.25, -0.2) is 4.98 Å². The Bertz CT molecular complexity index is 500. The van der Waals surface area contributed by atoms with Crippen molar-refractivity contribution in [2.45, 2.75) is 12.8 Å². The first-order valence-electron chi connectivity index (χ1n) is 7.00. The van der Waals surface area contributed by atoms with Crippen LogP contribution in [0.15, 0.2) is 18.3 Å². The van der Waals surface area contributed by atoms with Crippen molar-refractivity contribution in [3.8, 4) is 11.8 Å². The van der Waals surface area contributed by atoms with Crippen LogP contribution in [0.25, 0.3) is 0 Å². The number of carbonyl (C=O) groups is 1. The highest BCUT2D eigenvalue weighted by Crippen LogP contribution is 2.03. The number of hydrogen-bond acceptors (Lipinski definition) is 4. The second-order valence-corrected chi connectivity index (χ2v) is 5.09. The Hall–Kier alpha value is -1.90. The van der Waals surface area contributed by atoms with E-state index in [9.17, 15) is 4.79 Å². The van der Waals surface area contributed by atoms with Gasteiger partial charge in [0.2, 0.25) is 0 Å². The first kappa shape index (κ1) is 17.2. The van der Waals surface area contributed by atoms with Crippen molar-refractivity contribution in [2.75, 3.05) is 40.8 Å². The van der Waals surface area contributed by atoms with Crippen molar-refractivity contribution in [3.05, 3.63) is 29.6 Å². The molecule has 0 aromatic carbocycles. The van der Waals surface area contributed by atoms with Crippen LogP contribution in [0.2, 0.25) is 0 Å². The molecule has 0 saturated heterocycles. The smallest absolute Gasteiger partial charge is 0.272 e. The summed E-state index contributed by atoms with van der Waals surface area (Å²) >= 11 is 0. The van der Waals surface area contributed by atoms with E-state index in [-0.39, 0.29) is 12.5 Å². The van der Waals surface area contributed by atoms with Crippen LogP contribution in [0, 0.1) is 11.8 Å². The summed E-state index contributed by atoms with van der Waals surface area (Å²) < 4.78 is 0. The minimum absolute atomic E-state index is 0.0503. The molecule has 1 aromatic rings. The number of aromatic nitrogens is 1. The molecule has 1 heterocycles. The highest BCUT2D eigenvalue weighted by Gasteiger charge is 2.12. The van der Waals surface area contributed by atoms with Gasteiger partial charge in [0.25, 0.3) is 5.91 Å². The lowest BCUT2D eigenvalue weighted by Crippen LogP contribution is -2.30. The lowest BCUT2D eigenvalue weighted by Gasteiger charge is -2.18. The summed E-state index contributed by atoms with van der Waals surface area (Å²) in [7, 11) is 5.81. The lowest BCUT2D eigenvalue weighted by molar-refractivity contribution is 0.0785. The third-order valence-corrected chi connectivity index (χ3v) is 2.90. The summed E-state index contributed by atoms with van der Waals surface area (Å²) in [4.78, 5) is 20.1. The number of nitrogens with zero attached hydrogens (tertiary/aromatic N) is 3. The lowest BCUT2D eigenvalue weighted by atomic mass is 10.2. The van der Waals surface area contributed by atoms with Gasteiger partial charge in [0.15, 0.2) is 0 Å². The molecule has 5 nitrogen and oxygen atoms in total. The maximum Gasteiger partial charge on any atom is 0.272 e. The predicted molar refractivity (Wildman–Crippen MR) is 82.9 cm³/mol. The second kappa shape index (κ2) is 9.11. The van der Waals surface area contributed by atoms with Gasteiger partial charge in [0, 0.05) is 31.8 Å². The van der Waals surface area contributed by atoms with Crippen molar-refractivity contribution in [1.82, 2.24) is 14.8 Å². The van der Waals surface area contributed by atoms with Gasteiger partial charge in [0.05, 0.1) is 6.61 Å². The topological polar surface area (TPSA) is 56.7 Å². The number of carbonyl (C=O) groups excluding carboxylic acids is 1. The van der Waals surface area contributed by atoms with Gasteiger partial charge in [-0.05, 0) is 39.2 Å². The first-order chi connectivity index (χ1) is 10.0. The molecule has 0 spiro atoms. The van der Waals surface area contributed by atoms with Gasteiger partial charge in [0.1, 0.15) is 5.69 Å². The van der Waals surface area contributed by atoms with E-state index in [0.717, 1.165) is 18.5 Å². The number of aliphatic hydroxyl groups excluding tert-OH is 1. The van der Waals surface area contributed by atoms with Crippen molar-refractivity contribution < 1.29 is 9.90 Å². The SMILES string of the molecule is CN(C)CCCN(C)C(=O)c1ccc(C#CCCO)cn1. The van der Waals surface area contributed by atoms with E-state index in [1.807, 2.05) is 14.1 Å². The van der Waals surface area contributed by atoms with Gasteiger partial charge in [-0.15, -0.1) is 0 Å². The molecule has 0 radical (unpaired) electrons. The van der Waals surface area contributed by atoms with Crippen LogP contribution in [0.5, 0.6) is 0 Å². The number of aliphatic hydroxyl groups is 1. The van der Waals surface area contributed by atoms with Gasteiger partial charge in [-0.2, -0.15) is 0 Å². The fraction of sp³-hybridized carbons (Fsp3) is 0.500. The molecule has 21 heavy (non-hydrogen) atoms. The molecule has 0 bridgehead atoms. The summed E-state index contributed by atoms with van der Waals surface area (Å²) in [5.41, 5.74) is 1.17. The zero-order valence-electron chi connectivity index (χ0n) is 13.0. The first-order valence-corrected chi connectivity index (χ1v) is 7.00. The quantitative estimate of drug-likeness (QED) is 0.789. The number of pyridine rings is 1. The maximum absolute atomic E-state index is 12.2. The third kappa shape index (κ3) is 6.39. The van der Waals surface area contributed by atoms with Crippen LogP contribution in [-0.4, -0.2) is 66.6 Å². The minimum atomic E-state index is -0.0800. The standard InChI is InChI=1S/C16H23N3O2/c1-18(2)10-6-11-19(3)16(21)15-9-8-14(13-17-15)7-4-5-12-20/h8-9,13,20H,5-6,10-12H2,1-3H3. The molecule has 0 fully saturated rings. The van der Waals surface area contributed by atoms with Crippen molar-refractivity contribution >= 4 is 5.91 Å². The molecule has 114 valence electrons. The van der Waals surface area contributed by atoms with E-state index >= 15 is 0 Å². The van der Waals surface area contributed by atoms with E-state index in [1.54, 1.807) is 30.3 Å². The van der Waals surface area contributed by atoms with E-state index < -0.39 is 0 Å². The molecule has 5 heteroatoms. The monoisotopic (exact) mass is 289 g/mol. The second-order valence-electron chi connectivity index (χ2n) is 5.09. The molecule has 0 aliphatic rings. The predicted octanol–water partition coefficient (Wildman–Crippen LogP) is 0.839. The van der Waals surface area contributed by atoms with Crippen LogP contribution in [-0.2, 0) is 0 Å². The molecule has 0 atom stereocenters. The summed E-state index contributed by atoms with van der Waals surface area (Å²) in [6.07, 6.45) is 2.96. The molecule has 1 aromatic heterocycles. The molecular formula is C16H23N3O2. The molecule has 1 rings (SSSR count). The average molecular weight is 289 g/mol. The third-order valence-electron chi connectivity index (χ3n) is 2.90. The Balaban J connectivity index is 2.56. The van der Waals surface area contributed by atoms with Crippen LogP contribution >= 0.6 is 0 Å². The average Bonchev–Trinajstić information content (AvgIpc) is 2.47. The fourth-order valence-electron chi connectivity index (χ4n) is 1.74. The van der Waals surface area contributed by atoms with Crippen LogP contribution in [0.1, 0.15) is 28.9 Å². The normalized spacial score (nSPS) is 10.1. The molecule has 1 amide bonds. The Kier molecular flexibility index (Phi) is 7.44. The Morgan fingerprint density at radius 2 is 2.05 bits per heavy atom. The molecule has 0 aliphatic carbocycles. The largest absolute Gasteiger partial charge is 0.395 e. The van der Waals surface area contributed by atoms with E-state index in [1.165, 1.54) is 0 Å². The summed E-state index contributed by atoms with van der Waals surface area (Å²) in [6, 6.07) is 3.46. The molecule has 1 N–H and O–H groups in total. The molecule has 0 aliphatic heterocycles. The van der Waals surface area contributed by atoms with Crippen LogP contribution in [0.3, 0.4) is 0 Å². The zero-order valence-corrected chi connectivity index (χ0v) is 13.0. The highest BCUT2D eigenvalue weighted by molar-refractivity contribution is 5.92. The summed E-state index contributed by atoms with van der Waals surface area (Å²) in [6.45, 7) is 1.70. The van der Waals surface area contributed by atoms with Crippen LogP contribution in [0.4, 0.5) is 0 Å². The number of rotatable bonds is 6. The fourth-order valence-corrected chi connectivity index (χ4v) is 1.74. The van der Waals surface area contributed by atoms with Gasteiger partial charge < -0.3 is 14.9 Å². The summed E-state index contributed by atoms with van der Waals surface area (Å²) in [5, 5.41) is 8.66. The Morgan fingerprint density at radius 1 is 1.29 bits per heavy atom. The van der Waals surface area contributed by atoms with Crippen molar-refractivity contribution in [1.29, 1.82) is 0 Å². The molecule has 0 saturated carbocycles. The van der Waals surface area contributed by atoms with E-state index in [4.69, 9.17) is 5.11 Å². The van der Waals surface area contributed by atoms with Crippen molar-refractivity contribution in [2.24, 2.45) is 0 Å². The van der Waals surface area contributed by atoms with Gasteiger partial charge in [-0.1, -0.05) is 11.8 Å².